The van der Waals surface area contributed by atoms with E-state index < -0.39 is 11.9 Å². The molecule has 1 heterocycles. The average Bonchev–Trinajstić information content (AvgIpc) is 3.17. The zero-order valence-corrected chi connectivity index (χ0v) is 21.6. The molecule has 0 unspecified atom stereocenters. The smallest absolute Gasteiger partial charge is 0.354 e. The minimum atomic E-state index is -1.10. The Kier molecular flexibility index (Phi) is 8.26. The lowest BCUT2D eigenvalue weighted by Gasteiger charge is -2.11. The van der Waals surface area contributed by atoms with E-state index in [1.54, 1.807) is 28.8 Å². The number of nitrogens with zero attached hydrogens (tertiary/aromatic N) is 2. The fourth-order valence-corrected chi connectivity index (χ4v) is 4.71. The monoisotopic (exact) mass is 512 g/mol. The maximum atomic E-state index is 13.6. The van der Waals surface area contributed by atoms with Crippen molar-refractivity contribution in [1.29, 1.82) is 0 Å². The first kappa shape index (κ1) is 26.7. The second kappa shape index (κ2) is 11.8. The molecule has 0 saturated heterocycles. The number of hydrogen-bond donors (Lipinski definition) is 2. The maximum absolute atomic E-state index is 13.6. The lowest BCUT2D eigenvalue weighted by molar-refractivity contribution is 0.0677. The van der Waals surface area contributed by atoms with E-state index in [0.29, 0.717) is 30.0 Å². The highest BCUT2D eigenvalue weighted by Gasteiger charge is 2.25. The van der Waals surface area contributed by atoms with E-state index in [1.165, 1.54) is 4.57 Å². The van der Waals surface area contributed by atoms with Gasteiger partial charge in [-0.1, -0.05) is 86.6 Å². The number of imidazole rings is 1. The van der Waals surface area contributed by atoms with E-state index >= 15 is 0 Å². The molecule has 4 aromatic rings. The molecule has 7 heteroatoms. The highest BCUT2D eigenvalue weighted by atomic mass is 16.4. The van der Waals surface area contributed by atoms with Crippen LogP contribution in [0.3, 0.4) is 0 Å². The zero-order valence-electron chi connectivity index (χ0n) is 21.6. The predicted octanol–water partition coefficient (Wildman–Crippen LogP) is 5.59. The molecule has 0 fully saturated rings. The van der Waals surface area contributed by atoms with Crippen LogP contribution in [0.4, 0.5) is 0 Å². The third kappa shape index (κ3) is 5.94. The molecule has 0 bridgehead atoms. The van der Waals surface area contributed by atoms with Crippen molar-refractivity contribution in [2.75, 3.05) is 0 Å². The zero-order chi connectivity index (χ0) is 27.2. The molecule has 0 aliphatic carbocycles. The Morgan fingerprint density at radius 2 is 1.42 bits per heavy atom. The Hall–Kier alpha value is -4.39. The van der Waals surface area contributed by atoms with E-state index in [2.05, 4.69) is 13.8 Å². The SMILES string of the molecule is CC(C)CCc1c(C(=O)O)n(CCc2ccccc2)c(=O)n1Cc1ccc(-c2ccccc2C(=O)O)cc1. The van der Waals surface area contributed by atoms with Gasteiger partial charge in [0, 0.05) is 6.54 Å². The summed E-state index contributed by atoms with van der Waals surface area (Å²) in [5.41, 5.74) is 3.69. The number of carboxylic acid groups (broad SMARTS) is 2. The number of aromatic carboxylic acids is 2. The molecular formula is C31H32N2O5. The summed E-state index contributed by atoms with van der Waals surface area (Å²) in [6.07, 6.45) is 1.79. The largest absolute Gasteiger partial charge is 0.478 e. The fraction of sp³-hybridized carbons (Fsp3) is 0.258. The van der Waals surface area contributed by atoms with Gasteiger partial charge < -0.3 is 10.2 Å². The van der Waals surface area contributed by atoms with Gasteiger partial charge in [-0.05, 0) is 53.5 Å². The number of benzene rings is 3. The molecule has 0 atom stereocenters. The van der Waals surface area contributed by atoms with Crippen LogP contribution in [0.5, 0.6) is 0 Å². The second-order valence-electron chi connectivity index (χ2n) is 9.84. The third-order valence-corrected chi connectivity index (χ3v) is 6.72. The molecule has 0 saturated carbocycles. The van der Waals surface area contributed by atoms with E-state index in [4.69, 9.17) is 0 Å². The fourth-order valence-electron chi connectivity index (χ4n) is 4.71. The molecule has 0 spiro atoms. The summed E-state index contributed by atoms with van der Waals surface area (Å²) < 4.78 is 2.97. The van der Waals surface area contributed by atoms with Crippen molar-refractivity contribution in [2.24, 2.45) is 5.92 Å². The molecule has 38 heavy (non-hydrogen) atoms. The van der Waals surface area contributed by atoms with Gasteiger partial charge in [-0.15, -0.1) is 0 Å². The van der Waals surface area contributed by atoms with Gasteiger partial charge in [0.25, 0.3) is 0 Å². The first-order valence-electron chi connectivity index (χ1n) is 12.8. The lowest BCUT2D eigenvalue weighted by Crippen LogP contribution is -2.27. The van der Waals surface area contributed by atoms with Crippen LogP contribution in [0.2, 0.25) is 0 Å². The Labute approximate surface area is 221 Å². The number of aryl methyl sites for hydroxylation is 1. The first-order valence-corrected chi connectivity index (χ1v) is 12.8. The summed E-state index contributed by atoms with van der Waals surface area (Å²) in [4.78, 5) is 37.6. The van der Waals surface area contributed by atoms with Crippen molar-refractivity contribution in [2.45, 2.75) is 46.2 Å². The Balaban J connectivity index is 1.70. The molecule has 0 amide bonds. The number of rotatable bonds is 11. The molecular weight excluding hydrogens is 480 g/mol. The minimum Gasteiger partial charge on any atom is -0.478 e. The van der Waals surface area contributed by atoms with Gasteiger partial charge in [0.2, 0.25) is 0 Å². The van der Waals surface area contributed by atoms with Crippen LogP contribution in [0.1, 0.15) is 57.9 Å². The van der Waals surface area contributed by atoms with Gasteiger partial charge in [-0.2, -0.15) is 0 Å². The van der Waals surface area contributed by atoms with Crippen LogP contribution in [0.15, 0.2) is 83.7 Å². The molecule has 196 valence electrons. The Bertz CT molecular complexity index is 1480. The van der Waals surface area contributed by atoms with Gasteiger partial charge in [0.05, 0.1) is 17.8 Å². The summed E-state index contributed by atoms with van der Waals surface area (Å²) in [6.45, 7) is 4.65. The molecule has 0 aliphatic rings. The molecule has 7 nitrogen and oxygen atoms in total. The van der Waals surface area contributed by atoms with Crippen LogP contribution in [-0.2, 0) is 25.9 Å². The molecule has 2 N–H and O–H groups in total. The van der Waals surface area contributed by atoms with E-state index in [-0.39, 0.29) is 30.0 Å². The van der Waals surface area contributed by atoms with E-state index in [9.17, 15) is 24.6 Å². The van der Waals surface area contributed by atoms with E-state index in [1.807, 2.05) is 54.6 Å². The van der Waals surface area contributed by atoms with Crippen LogP contribution < -0.4 is 5.69 Å². The highest BCUT2D eigenvalue weighted by Crippen LogP contribution is 2.25. The standard InChI is InChI=1S/C31H32N2O5/c1-21(2)12-17-27-28(30(36)37)32(19-18-22-8-4-3-5-9-22)31(38)33(27)20-23-13-15-24(16-14-23)25-10-6-7-11-26(25)29(34)35/h3-11,13-16,21H,12,17-20H2,1-2H3,(H,34,35)(H,36,37). The molecule has 0 radical (unpaired) electrons. The van der Waals surface area contributed by atoms with Crippen molar-refractivity contribution >= 4 is 11.9 Å². The molecule has 4 rings (SSSR count). The number of aromatic nitrogens is 2. The van der Waals surface area contributed by atoms with Crippen molar-refractivity contribution in [1.82, 2.24) is 9.13 Å². The summed E-state index contributed by atoms with van der Waals surface area (Å²) in [7, 11) is 0. The number of hydrogen-bond acceptors (Lipinski definition) is 3. The van der Waals surface area contributed by atoms with Crippen molar-refractivity contribution < 1.29 is 19.8 Å². The number of carbonyl (C=O) groups is 2. The quantitative estimate of drug-likeness (QED) is 0.273. The lowest BCUT2D eigenvalue weighted by atomic mass is 9.98. The van der Waals surface area contributed by atoms with Crippen molar-refractivity contribution in [3.63, 3.8) is 0 Å². The van der Waals surface area contributed by atoms with Crippen LogP contribution in [-0.4, -0.2) is 31.3 Å². The van der Waals surface area contributed by atoms with Gasteiger partial charge in [0.15, 0.2) is 5.69 Å². The third-order valence-electron chi connectivity index (χ3n) is 6.72. The van der Waals surface area contributed by atoms with Gasteiger partial charge >= 0.3 is 17.6 Å². The first-order chi connectivity index (χ1) is 18.3. The van der Waals surface area contributed by atoms with Crippen molar-refractivity contribution in [3.8, 4) is 11.1 Å². The van der Waals surface area contributed by atoms with E-state index in [0.717, 1.165) is 23.1 Å². The highest BCUT2D eigenvalue weighted by molar-refractivity contribution is 5.96. The Morgan fingerprint density at radius 1 is 0.763 bits per heavy atom. The number of carboxylic acids is 2. The summed E-state index contributed by atoms with van der Waals surface area (Å²) >= 11 is 0. The molecule has 1 aromatic heterocycles. The minimum absolute atomic E-state index is 0.0542. The summed E-state index contributed by atoms with van der Waals surface area (Å²) in [5.74, 6) is -1.75. The average molecular weight is 513 g/mol. The maximum Gasteiger partial charge on any atom is 0.354 e. The van der Waals surface area contributed by atoms with Crippen molar-refractivity contribution in [3.05, 3.63) is 117 Å². The Morgan fingerprint density at radius 3 is 2.05 bits per heavy atom. The summed E-state index contributed by atoms with van der Waals surface area (Å²) in [5, 5.41) is 19.7. The van der Waals surface area contributed by atoms with Crippen LogP contribution in [0.25, 0.3) is 11.1 Å². The topological polar surface area (TPSA) is 102 Å². The van der Waals surface area contributed by atoms with Crippen LogP contribution >= 0.6 is 0 Å². The predicted molar refractivity (Wildman–Crippen MR) is 147 cm³/mol. The van der Waals surface area contributed by atoms with Gasteiger partial charge in [0.1, 0.15) is 0 Å². The van der Waals surface area contributed by atoms with Gasteiger partial charge in [-0.25, -0.2) is 14.4 Å². The summed E-state index contributed by atoms with van der Waals surface area (Å²) in [6, 6.07) is 23.9. The van der Waals surface area contributed by atoms with Gasteiger partial charge in [-0.3, -0.25) is 9.13 Å². The molecule has 3 aromatic carbocycles. The van der Waals surface area contributed by atoms with Crippen LogP contribution in [0, 0.1) is 5.92 Å². The molecule has 0 aliphatic heterocycles. The normalized spacial score (nSPS) is 11.1. The second-order valence-corrected chi connectivity index (χ2v) is 9.84.